The zero-order valence-corrected chi connectivity index (χ0v) is 16.0. The normalized spacial score (nSPS) is 11.7. The van der Waals surface area contributed by atoms with Crippen molar-refractivity contribution >= 4 is 56.6 Å². The first kappa shape index (κ1) is 19.2. The van der Waals surface area contributed by atoms with Crippen molar-refractivity contribution in [3.8, 4) is 0 Å². The van der Waals surface area contributed by atoms with Crippen LogP contribution in [0.4, 0.5) is 5.69 Å². The summed E-state index contributed by atoms with van der Waals surface area (Å²) in [5.41, 5.74) is 2.20. The number of esters is 1. The van der Waals surface area contributed by atoms with E-state index in [-0.39, 0.29) is 17.6 Å². The molecule has 1 N–H and O–H groups in total. The number of thiazole rings is 1. The van der Waals surface area contributed by atoms with Gasteiger partial charge in [0.2, 0.25) is 6.10 Å². The molecule has 0 spiro atoms. The highest BCUT2D eigenvalue weighted by atomic mass is 32.2. The van der Waals surface area contributed by atoms with Gasteiger partial charge in [0.1, 0.15) is 0 Å². The number of anilines is 1. The fourth-order valence-electron chi connectivity index (χ4n) is 1.70. The van der Waals surface area contributed by atoms with E-state index in [1.807, 2.05) is 12.1 Å². The van der Waals surface area contributed by atoms with Crippen molar-refractivity contribution in [2.75, 3.05) is 18.2 Å². The van der Waals surface area contributed by atoms with Crippen LogP contribution in [-0.4, -0.2) is 41.5 Å². The quantitative estimate of drug-likeness (QED) is 0.342. The molecule has 2 rings (SSSR count). The summed E-state index contributed by atoms with van der Waals surface area (Å²) in [6.45, 7) is 5.21. The average Bonchev–Trinajstić information content (AvgIpc) is 2.99. The van der Waals surface area contributed by atoms with Crippen LogP contribution in [0.25, 0.3) is 10.2 Å². The number of fused-ring (bicyclic) bond motifs is 1. The number of hydrogen-bond acceptors (Lipinski definition) is 8. The molecule has 1 atom stereocenters. The standard InChI is InChI=1S/C16H19N3O4S2/c1-9(2)19-23-10(3)15(21)17-11-5-6-12-13(7-11)25-16(18-12)24-8-14(20)22-4/h5-7,10H,8H2,1-4H3,(H,17,21). The third-order valence-electron chi connectivity index (χ3n) is 2.94. The van der Waals surface area contributed by atoms with Gasteiger partial charge in [0.15, 0.2) is 4.34 Å². The number of carbonyl (C=O) groups is 2. The van der Waals surface area contributed by atoms with Gasteiger partial charge < -0.3 is 14.9 Å². The molecule has 0 bridgehead atoms. The van der Waals surface area contributed by atoms with Crippen LogP contribution in [0.1, 0.15) is 20.8 Å². The summed E-state index contributed by atoms with van der Waals surface area (Å²) < 4.78 is 6.30. The summed E-state index contributed by atoms with van der Waals surface area (Å²) >= 11 is 2.78. The SMILES string of the molecule is COC(=O)CSc1nc2ccc(NC(=O)C(C)ON=C(C)C)cc2s1. The lowest BCUT2D eigenvalue weighted by molar-refractivity contribution is -0.137. The van der Waals surface area contributed by atoms with Crippen molar-refractivity contribution in [2.45, 2.75) is 31.2 Å². The molecule has 1 unspecified atom stereocenters. The lowest BCUT2D eigenvalue weighted by Crippen LogP contribution is -2.26. The summed E-state index contributed by atoms with van der Waals surface area (Å²) in [6, 6.07) is 5.44. The first-order valence-corrected chi connectivity index (χ1v) is 9.27. The molecule has 134 valence electrons. The third-order valence-corrected chi connectivity index (χ3v) is 5.07. The van der Waals surface area contributed by atoms with Gasteiger partial charge >= 0.3 is 5.97 Å². The minimum Gasteiger partial charge on any atom is -0.468 e. The van der Waals surface area contributed by atoms with Gasteiger partial charge in [0.05, 0.1) is 28.8 Å². The molecule has 7 nitrogen and oxygen atoms in total. The zero-order valence-electron chi connectivity index (χ0n) is 14.4. The van der Waals surface area contributed by atoms with E-state index in [0.717, 1.165) is 20.3 Å². The lowest BCUT2D eigenvalue weighted by atomic mass is 10.3. The number of ether oxygens (including phenoxy) is 1. The van der Waals surface area contributed by atoms with Gasteiger partial charge in [-0.3, -0.25) is 9.59 Å². The maximum atomic E-state index is 12.1. The molecule has 1 heterocycles. The second-order valence-corrected chi connectivity index (χ2v) is 7.56. The molecular weight excluding hydrogens is 362 g/mol. The van der Waals surface area contributed by atoms with E-state index in [1.54, 1.807) is 26.8 Å². The van der Waals surface area contributed by atoms with Gasteiger partial charge in [-0.1, -0.05) is 16.9 Å². The number of nitrogens with one attached hydrogen (secondary N) is 1. The topological polar surface area (TPSA) is 89.9 Å². The van der Waals surface area contributed by atoms with Crippen LogP contribution in [0.3, 0.4) is 0 Å². The van der Waals surface area contributed by atoms with Crippen molar-refractivity contribution in [3.05, 3.63) is 18.2 Å². The number of rotatable bonds is 7. The Morgan fingerprint density at radius 1 is 1.40 bits per heavy atom. The third kappa shape index (κ3) is 5.71. The number of hydrogen-bond donors (Lipinski definition) is 1. The molecule has 1 aromatic heterocycles. The molecule has 25 heavy (non-hydrogen) atoms. The molecule has 0 aliphatic heterocycles. The number of carbonyl (C=O) groups excluding carboxylic acids is 2. The molecule has 0 saturated heterocycles. The van der Waals surface area contributed by atoms with Crippen LogP contribution in [0, 0.1) is 0 Å². The molecule has 1 amide bonds. The minimum atomic E-state index is -0.696. The molecule has 0 radical (unpaired) electrons. The van der Waals surface area contributed by atoms with Gasteiger partial charge in [0.25, 0.3) is 5.91 Å². The van der Waals surface area contributed by atoms with Gasteiger partial charge in [-0.05, 0) is 39.0 Å². The second-order valence-electron chi connectivity index (χ2n) is 5.30. The molecule has 9 heteroatoms. The number of aromatic nitrogens is 1. The number of benzene rings is 1. The summed E-state index contributed by atoms with van der Waals surface area (Å²) in [7, 11) is 1.36. The van der Waals surface area contributed by atoms with Crippen molar-refractivity contribution in [1.29, 1.82) is 0 Å². The van der Waals surface area contributed by atoms with Crippen LogP contribution in [0.5, 0.6) is 0 Å². The second kappa shape index (κ2) is 8.82. The van der Waals surface area contributed by atoms with E-state index in [2.05, 4.69) is 20.2 Å². The molecule has 0 saturated carbocycles. The van der Waals surface area contributed by atoms with Crippen LogP contribution >= 0.6 is 23.1 Å². The Morgan fingerprint density at radius 2 is 2.16 bits per heavy atom. The van der Waals surface area contributed by atoms with Gasteiger partial charge in [-0.15, -0.1) is 11.3 Å². The van der Waals surface area contributed by atoms with Crippen LogP contribution in [0.2, 0.25) is 0 Å². The maximum Gasteiger partial charge on any atom is 0.316 e. The smallest absolute Gasteiger partial charge is 0.316 e. The van der Waals surface area contributed by atoms with E-state index in [1.165, 1.54) is 30.2 Å². The highest BCUT2D eigenvalue weighted by Crippen LogP contribution is 2.31. The van der Waals surface area contributed by atoms with Gasteiger partial charge in [-0.2, -0.15) is 0 Å². The fourth-order valence-corrected chi connectivity index (χ4v) is 3.64. The fraction of sp³-hybridized carbons (Fsp3) is 0.375. The largest absolute Gasteiger partial charge is 0.468 e. The Balaban J connectivity index is 2.03. The monoisotopic (exact) mass is 381 g/mol. The summed E-state index contributed by atoms with van der Waals surface area (Å²) in [4.78, 5) is 32.9. The molecule has 0 aliphatic carbocycles. The lowest BCUT2D eigenvalue weighted by Gasteiger charge is -2.10. The number of methoxy groups -OCH3 is 1. The molecular formula is C16H19N3O4S2. The van der Waals surface area contributed by atoms with Crippen molar-refractivity contribution < 1.29 is 19.2 Å². The van der Waals surface area contributed by atoms with Crippen LogP contribution in [-0.2, 0) is 19.2 Å². The van der Waals surface area contributed by atoms with E-state index in [4.69, 9.17) is 4.84 Å². The van der Waals surface area contributed by atoms with Gasteiger partial charge in [-0.25, -0.2) is 4.98 Å². The van der Waals surface area contributed by atoms with E-state index >= 15 is 0 Å². The highest BCUT2D eigenvalue weighted by molar-refractivity contribution is 8.01. The summed E-state index contributed by atoms with van der Waals surface area (Å²) in [6.07, 6.45) is -0.696. The van der Waals surface area contributed by atoms with Crippen molar-refractivity contribution in [1.82, 2.24) is 4.98 Å². The van der Waals surface area contributed by atoms with E-state index in [9.17, 15) is 9.59 Å². The Hall–Kier alpha value is -2.13. The van der Waals surface area contributed by atoms with Crippen molar-refractivity contribution in [3.63, 3.8) is 0 Å². The molecule has 2 aromatic rings. The Morgan fingerprint density at radius 3 is 2.84 bits per heavy atom. The predicted molar refractivity (Wildman–Crippen MR) is 100 cm³/mol. The van der Waals surface area contributed by atoms with Crippen LogP contribution < -0.4 is 5.32 Å². The molecule has 0 aliphatic rings. The highest BCUT2D eigenvalue weighted by Gasteiger charge is 2.15. The molecule has 1 aromatic carbocycles. The first-order chi connectivity index (χ1) is 11.9. The first-order valence-electron chi connectivity index (χ1n) is 7.47. The van der Waals surface area contributed by atoms with E-state index in [0.29, 0.717) is 5.69 Å². The Kier molecular flexibility index (Phi) is 6.77. The maximum absolute atomic E-state index is 12.1. The number of oxime groups is 1. The molecule has 0 fully saturated rings. The summed E-state index contributed by atoms with van der Waals surface area (Å²) in [5.74, 6) is -0.364. The van der Waals surface area contributed by atoms with E-state index < -0.39 is 6.10 Å². The zero-order chi connectivity index (χ0) is 18.4. The van der Waals surface area contributed by atoms with Crippen LogP contribution in [0.15, 0.2) is 27.7 Å². The minimum absolute atomic E-state index is 0.214. The number of amides is 1. The Labute approximate surface area is 153 Å². The van der Waals surface area contributed by atoms with Gasteiger partial charge in [0, 0.05) is 5.69 Å². The summed E-state index contributed by atoms with van der Waals surface area (Å²) in [5, 5.41) is 6.58. The van der Waals surface area contributed by atoms with Crippen molar-refractivity contribution in [2.24, 2.45) is 5.16 Å². The predicted octanol–water partition coefficient (Wildman–Crippen LogP) is 3.30. The number of nitrogens with zero attached hydrogens (tertiary/aromatic N) is 2. The average molecular weight is 381 g/mol. The number of thioether (sulfide) groups is 1. The Bertz CT molecular complexity index is 800.